The number of carbonyl (C=O) groups excluding carboxylic acids is 1. The van der Waals surface area contributed by atoms with Gasteiger partial charge in [0.25, 0.3) is 0 Å². The third kappa shape index (κ3) is 2.85. The van der Waals surface area contributed by atoms with Crippen molar-refractivity contribution >= 4 is 5.97 Å². The molecular weight excluding hydrogens is 326 g/mol. The zero-order chi connectivity index (χ0) is 18.1. The Bertz CT molecular complexity index is 747. The van der Waals surface area contributed by atoms with E-state index < -0.39 is 11.6 Å². The fourth-order valence-electron chi connectivity index (χ4n) is 3.99. The zero-order valence-electron chi connectivity index (χ0n) is 14.8. The standard InChI is InChI=1S/C22H23NO3/c1-23-18-12-13-19(23)15-20(14-18)26-21(24)22(25,16-8-4-2-5-9-16)17-10-6-3-7-11-17/h2-13,18-20,25H,14-15H2,1H3. The maximum atomic E-state index is 13.1. The molecule has 2 aliphatic rings. The molecule has 2 atom stereocenters. The Kier molecular flexibility index (Phi) is 4.39. The van der Waals surface area contributed by atoms with Gasteiger partial charge in [-0.25, -0.2) is 4.79 Å². The highest BCUT2D eigenvalue weighted by Crippen LogP contribution is 2.35. The summed E-state index contributed by atoms with van der Waals surface area (Å²) in [6.07, 6.45) is 5.68. The Morgan fingerprint density at radius 1 is 0.962 bits per heavy atom. The third-order valence-corrected chi connectivity index (χ3v) is 5.56. The van der Waals surface area contributed by atoms with Crippen molar-refractivity contribution in [1.29, 1.82) is 0 Å². The van der Waals surface area contributed by atoms with E-state index in [1.807, 2.05) is 36.4 Å². The van der Waals surface area contributed by atoms with Gasteiger partial charge in [0.05, 0.1) is 0 Å². The van der Waals surface area contributed by atoms with E-state index in [2.05, 4.69) is 24.1 Å². The number of piperidine rings is 1. The van der Waals surface area contributed by atoms with Gasteiger partial charge >= 0.3 is 5.97 Å². The molecule has 2 aromatic rings. The minimum Gasteiger partial charge on any atom is -0.460 e. The molecule has 1 saturated heterocycles. The summed E-state index contributed by atoms with van der Waals surface area (Å²) in [6, 6.07) is 18.6. The van der Waals surface area contributed by atoms with Crippen LogP contribution in [-0.2, 0) is 15.1 Å². The Hall–Kier alpha value is -2.43. The smallest absolute Gasteiger partial charge is 0.347 e. The second-order valence-electron chi connectivity index (χ2n) is 7.13. The first kappa shape index (κ1) is 17.0. The highest BCUT2D eigenvalue weighted by Gasteiger charge is 2.44. The molecule has 1 fully saturated rings. The van der Waals surface area contributed by atoms with Crippen LogP contribution in [0, 0.1) is 0 Å². The van der Waals surface area contributed by atoms with E-state index in [1.165, 1.54) is 0 Å². The van der Waals surface area contributed by atoms with Crippen molar-refractivity contribution in [1.82, 2.24) is 4.90 Å². The lowest BCUT2D eigenvalue weighted by Gasteiger charge is -2.37. The maximum Gasteiger partial charge on any atom is 0.347 e. The van der Waals surface area contributed by atoms with Crippen molar-refractivity contribution in [3.63, 3.8) is 0 Å². The summed E-state index contributed by atoms with van der Waals surface area (Å²) in [7, 11) is 2.09. The highest BCUT2D eigenvalue weighted by atomic mass is 16.6. The summed E-state index contributed by atoms with van der Waals surface area (Å²) >= 11 is 0. The van der Waals surface area contributed by atoms with Crippen molar-refractivity contribution < 1.29 is 14.6 Å². The minimum absolute atomic E-state index is 0.192. The van der Waals surface area contributed by atoms with Crippen LogP contribution < -0.4 is 0 Å². The quantitative estimate of drug-likeness (QED) is 0.681. The molecule has 2 bridgehead atoms. The fourth-order valence-corrected chi connectivity index (χ4v) is 3.99. The van der Waals surface area contributed by atoms with Crippen molar-refractivity contribution in [2.75, 3.05) is 7.05 Å². The average Bonchev–Trinajstić information content (AvgIpc) is 2.89. The summed E-state index contributed by atoms with van der Waals surface area (Å²) in [5.74, 6) is -0.608. The minimum atomic E-state index is -1.81. The lowest BCUT2D eigenvalue weighted by atomic mass is 9.86. The number of carbonyl (C=O) groups is 1. The normalized spacial score (nSPS) is 25.2. The van der Waals surface area contributed by atoms with Gasteiger partial charge in [0.2, 0.25) is 5.60 Å². The van der Waals surface area contributed by atoms with Gasteiger partial charge in [0, 0.05) is 24.9 Å². The second kappa shape index (κ2) is 6.71. The zero-order valence-corrected chi connectivity index (χ0v) is 14.8. The summed E-state index contributed by atoms with van der Waals surface area (Å²) in [5, 5.41) is 11.5. The fraction of sp³-hybridized carbons (Fsp3) is 0.318. The van der Waals surface area contributed by atoms with Gasteiger partial charge in [-0.05, 0) is 18.2 Å². The van der Waals surface area contributed by atoms with E-state index in [0.717, 1.165) is 12.8 Å². The van der Waals surface area contributed by atoms with Gasteiger partial charge < -0.3 is 9.84 Å². The predicted molar refractivity (Wildman–Crippen MR) is 99.5 cm³/mol. The van der Waals surface area contributed by atoms with Gasteiger partial charge in [-0.1, -0.05) is 72.8 Å². The van der Waals surface area contributed by atoms with Crippen LogP contribution in [0.5, 0.6) is 0 Å². The second-order valence-corrected chi connectivity index (χ2v) is 7.13. The lowest BCUT2D eigenvalue weighted by Crippen LogP contribution is -2.47. The molecule has 1 N–H and O–H groups in total. The molecule has 2 aliphatic heterocycles. The van der Waals surface area contributed by atoms with Gasteiger partial charge in [0.15, 0.2) is 0 Å². The summed E-state index contributed by atoms with van der Waals surface area (Å²) < 4.78 is 5.84. The highest BCUT2D eigenvalue weighted by molar-refractivity contribution is 5.85. The lowest BCUT2D eigenvalue weighted by molar-refractivity contribution is -0.170. The molecule has 4 rings (SSSR count). The largest absolute Gasteiger partial charge is 0.460 e. The monoisotopic (exact) mass is 349 g/mol. The number of nitrogens with zero attached hydrogens (tertiary/aromatic N) is 1. The van der Waals surface area contributed by atoms with E-state index >= 15 is 0 Å². The van der Waals surface area contributed by atoms with E-state index in [4.69, 9.17) is 4.74 Å². The molecule has 2 heterocycles. The van der Waals surface area contributed by atoms with Crippen molar-refractivity contribution in [2.24, 2.45) is 0 Å². The molecule has 0 spiro atoms. The molecule has 4 nitrogen and oxygen atoms in total. The number of ether oxygens (including phenoxy) is 1. The van der Waals surface area contributed by atoms with Gasteiger partial charge in [-0.3, -0.25) is 4.90 Å². The Labute approximate surface area is 153 Å². The Morgan fingerprint density at radius 2 is 1.42 bits per heavy atom. The number of benzene rings is 2. The van der Waals surface area contributed by atoms with Crippen molar-refractivity contribution in [2.45, 2.75) is 36.6 Å². The van der Waals surface area contributed by atoms with Crippen LogP contribution in [0.3, 0.4) is 0 Å². The first-order chi connectivity index (χ1) is 12.6. The number of esters is 1. The number of hydrogen-bond acceptors (Lipinski definition) is 4. The van der Waals surface area contributed by atoms with Crippen molar-refractivity contribution in [3.8, 4) is 0 Å². The summed E-state index contributed by atoms with van der Waals surface area (Å²) in [5.41, 5.74) is -0.770. The molecule has 134 valence electrons. The molecular formula is C22H23NO3. The van der Waals surface area contributed by atoms with Crippen LogP contribution in [0.1, 0.15) is 24.0 Å². The average molecular weight is 349 g/mol. The number of hydrogen-bond donors (Lipinski definition) is 1. The van der Waals surface area contributed by atoms with Gasteiger partial charge in [-0.15, -0.1) is 0 Å². The first-order valence-electron chi connectivity index (χ1n) is 9.04. The van der Waals surface area contributed by atoms with E-state index in [9.17, 15) is 9.90 Å². The Balaban J connectivity index is 1.62. The summed E-state index contributed by atoms with van der Waals surface area (Å²) in [4.78, 5) is 15.4. The molecule has 2 aromatic carbocycles. The van der Waals surface area contributed by atoms with Crippen LogP contribution in [0.2, 0.25) is 0 Å². The van der Waals surface area contributed by atoms with Crippen molar-refractivity contribution in [3.05, 3.63) is 83.9 Å². The van der Waals surface area contributed by atoms with E-state index in [1.54, 1.807) is 24.3 Å². The first-order valence-corrected chi connectivity index (χ1v) is 9.04. The van der Waals surface area contributed by atoms with E-state index in [0.29, 0.717) is 23.2 Å². The van der Waals surface area contributed by atoms with E-state index in [-0.39, 0.29) is 6.10 Å². The van der Waals surface area contributed by atoms with Gasteiger partial charge in [0.1, 0.15) is 6.10 Å². The molecule has 0 aliphatic carbocycles. The molecule has 26 heavy (non-hydrogen) atoms. The maximum absolute atomic E-state index is 13.1. The number of aliphatic hydroxyl groups is 1. The van der Waals surface area contributed by atoms with Crippen LogP contribution in [0.25, 0.3) is 0 Å². The molecule has 2 unspecified atom stereocenters. The molecule has 0 radical (unpaired) electrons. The molecule has 0 amide bonds. The molecule has 0 aromatic heterocycles. The third-order valence-electron chi connectivity index (χ3n) is 5.56. The molecule has 4 heteroatoms. The molecule has 0 saturated carbocycles. The SMILES string of the molecule is CN1C2C=CC1CC(OC(=O)C(O)(c1ccccc1)c1ccccc1)C2. The van der Waals surface area contributed by atoms with Crippen LogP contribution in [0.4, 0.5) is 0 Å². The topological polar surface area (TPSA) is 49.8 Å². The number of rotatable bonds is 4. The van der Waals surface area contributed by atoms with Crippen LogP contribution in [0.15, 0.2) is 72.8 Å². The van der Waals surface area contributed by atoms with Crippen LogP contribution in [-0.4, -0.2) is 41.2 Å². The Morgan fingerprint density at radius 3 is 1.88 bits per heavy atom. The van der Waals surface area contributed by atoms with Crippen LogP contribution >= 0.6 is 0 Å². The number of fused-ring (bicyclic) bond motifs is 2. The summed E-state index contributed by atoms with van der Waals surface area (Å²) in [6.45, 7) is 0. The van der Waals surface area contributed by atoms with Gasteiger partial charge in [-0.2, -0.15) is 0 Å². The predicted octanol–water partition coefficient (Wildman–Crippen LogP) is 2.87. The number of likely N-dealkylation sites (N-methyl/N-ethyl adjacent to an activating group) is 1.